The third-order valence-electron chi connectivity index (χ3n) is 5.99. The first-order valence-corrected chi connectivity index (χ1v) is 9.44. The van der Waals surface area contributed by atoms with E-state index in [-0.39, 0.29) is 17.1 Å². The monoisotopic (exact) mass is 374 g/mol. The van der Waals surface area contributed by atoms with Crippen molar-refractivity contribution in [3.8, 4) is 5.69 Å². The van der Waals surface area contributed by atoms with E-state index in [2.05, 4.69) is 25.9 Å². The van der Waals surface area contributed by atoms with Gasteiger partial charge in [-0.05, 0) is 43.9 Å². The van der Waals surface area contributed by atoms with Gasteiger partial charge in [-0.15, -0.1) is 5.10 Å². The third-order valence-corrected chi connectivity index (χ3v) is 6.28. The summed E-state index contributed by atoms with van der Waals surface area (Å²) in [4.78, 5) is 4.36. The fourth-order valence-corrected chi connectivity index (χ4v) is 4.75. The molecule has 6 nitrogen and oxygen atoms in total. The van der Waals surface area contributed by atoms with Crippen molar-refractivity contribution >= 4 is 23.1 Å². The van der Waals surface area contributed by atoms with Crippen LogP contribution in [0.3, 0.4) is 0 Å². The van der Waals surface area contributed by atoms with E-state index in [1.54, 1.807) is 13.2 Å². The molecule has 1 spiro atoms. The molecule has 3 aliphatic rings. The van der Waals surface area contributed by atoms with Crippen molar-refractivity contribution in [3.63, 3.8) is 0 Å². The summed E-state index contributed by atoms with van der Waals surface area (Å²) in [6.07, 6.45) is 6.94. The molecule has 1 aromatic carbocycles. The van der Waals surface area contributed by atoms with Gasteiger partial charge in [0, 0.05) is 7.05 Å². The lowest BCUT2D eigenvalue weighted by Crippen LogP contribution is -2.41. The number of amidine groups is 1. The molecule has 2 fully saturated rings. The molecule has 1 saturated carbocycles. The van der Waals surface area contributed by atoms with Crippen molar-refractivity contribution in [2.45, 2.75) is 43.6 Å². The second-order valence-corrected chi connectivity index (χ2v) is 7.72. The number of aliphatic imine (C=N–C) groups is 1. The zero-order valence-corrected chi connectivity index (χ0v) is 15.3. The molecule has 0 bridgehead atoms. The molecule has 1 atom stereocenters. The normalized spacial score (nSPS) is 24.7. The van der Waals surface area contributed by atoms with E-state index in [4.69, 9.17) is 11.6 Å². The maximum Gasteiger partial charge on any atom is 0.174 e. The predicted octanol–water partition coefficient (Wildman–Crippen LogP) is 3.36. The summed E-state index contributed by atoms with van der Waals surface area (Å²) in [5, 5.41) is 15.3. The van der Waals surface area contributed by atoms with E-state index < -0.39 is 5.82 Å². The van der Waals surface area contributed by atoms with Gasteiger partial charge in [0.2, 0.25) is 0 Å². The number of benzene rings is 1. The Bertz CT molecular complexity index is 911. The number of aromatic nitrogens is 3. The largest absolute Gasteiger partial charge is 0.341 e. The summed E-state index contributed by atoms with van der Waals surface area (Å²) in [5.41, 5.74) is 2.24. The lowest BCUT2D eigenvalue weighted by atomic mass is 9.65. The molecule has 2 N–H and O–H groups in total. The Kier molecular flexibility index (Phi) is 3.59. The first kappa shape index (κ1) is 16.2. The lowest BCUT2D eigenvalue weighted by molar-refractivity contribution is 0.346. The average Bonchev–Trinajstić information content (AvgIpc) is 3.31. The number of anilines is 1. The van der Waals surface area contributed by atoms with Gasteiger partial charge in [0.05, 0.1) is 28.4 Å². The lowest BCUT2D eigenvalue weighted by Gasteiger charge is -2.38. The Balaban J connectivity index is 1.60. The van der Waals surface area contributed by atoms with Crippen molar-refractivity contribution in [2.75, 3.05) is 18.9 Å². The highest BCUT2D eigenvalue weighted by Crippen LogP contribution is 2.53. The summed E-state index contributed by atoms with van der Waals surface area (Å²) in [6.45, 7) is 0.969. The van der Waals surface area contributed by atoms with Crippen LogP contribution in [-0.2, 0) is 5.41 Å². The van der Waals surface area contributed by atoms with E-state index in [1.165, 1.54) is 4.68 Å². The quantitative estimate of drug-likeness (QED) is 0.845. The Morgan fingerprint density at radius 2 is 2.23 bits per heavy atom. The molecule has 1 saturated heterocycles. The Morgan fingerprint density at radius 3 is 2.88 bits per heavy atom. The zero-order valence-electron chi connectivity index (χ0n) is 14.5. The maximum absolute atomic E-state index is 15.4. The van der Waals surface area contributed by atoms with Crippen LogP contribution in [0.5, 0.6) is 0 Å². The van der Waals surface area contributed by atoms with Crippen molar-refractivity contribution in [2.24, 2.45) is 4.99 Å². The van der Waals surface area contributed by atoms with Gasteiger partial charge in [-0.3, -0.25) is 4.99 Å². The van der Waals surface area contributed by atoms with Gasteiger partial charge >= 0.3 is 0 Å². The molecule has 8 heteroatoms. The van der Waals surface area contributed by atoms with E-state index in [1.807, 2.05) is 6.07 Å². The number of nitrogens with zero attached hydrogens (tertiary/aromatic N) is 4. The summed E-state index contributed by atoms with van der Waals surface area (Å²) in [7, 11) is 1.74. The number of fused-ring (bicyclic) bond motifs is 2. The number of halogens is 2. The highest BCUT2D eigenvalue weighted by atomic mass is 35.5. The topological polar surface area (TPSA) is 67.1 Å². The number of nitrogens with one attached hydrogen (secondary N) is 2. The van der Waals surface area contributed by atoms with Crippen LogP contribution in [0.4, 0.5) is 10.1 Å². The predicted molar refractivity (Wildman–Crippen MR) is 98.8 cm³/mol. The molecule has 0 unspecified atom stereocenters. The Hall–Kier alpha value is -1.99. The maximum atomic E-state index is 15.4. The van der Waals surface area contributed by atoms with Crippen molar-refractivity contribution in [3.05, 3.63) is 34.4 Å². The molecule has 5 rings (SSSR count). The number of rotatable bonds is 2. The average molecular weight is 375 g/mol. The first-order valence-electron chi connectivity index (χ1n) is 9.07. The van der Waals surface area contributed by atoms with Gasteiger partial charge in [-0.25, -0.2) is 9.07 Å². The summed E-state index contributed by atoms with van der Waals surface area (Å²) >= 11 is 6.50. The third kappa shape index (κ3) is 2.10. The molecular formula is C18H20ClFN6. The second kappa shape index (κ2) is 5.76. The molecular weight excluding hydrogens is 355 g/mol. The summed E-state index contributed by atoms with van der Waals surface area (Å²) in [6, 6.07) is 2.05. The van der Waals surface area contributed by atoms with Gasteiger partial charge in [0.1, 0.15) is 17.2 Å². The highest BCUT2D eigenvalue weighted by Gasteiger charge is 2.50. The molecule has 26 heavy (non-hydrogen) atoms. The Morgan fingerprint density at radius 1 is 1.38 bits per heavy atom. The molecule has 3 heterocycles. The van der Waals surface area contributed by atoms with Gasteiger partial charge in [0.25, 0.3) is 0 Å². The fourth-order valence-electron chi connectivity index (χ4n) is 4.47. The molecule has 1 aromatic heterocycles. The smallest absolute Gasteiger partial charge is 0.174 e. The molecule has 0 radical (unpaired) electrons. The first-order chi connectivity index (χ1) is 12.6. The fraction of sp³-hybridized carbons (Fsp3) is 0.500. The van der Waals surface area contributed by atoms with Crippen LogP contribution in [0.15, 0.2) is 17.3 Å². The van der Waals surface area contributed by atoms with E-state index in [9.17, 15) is 0 Å². The van der Waals surface area contributed by atoms with Crippen LogP contribution in [0.25, 0.3) is 5.69 Å². The highest BCUT2D eigenvalue weighted by molar-refractivity contribution is 6.33. The SMILES string of the molecule is CN=C1Nc2c(cc(Cl)c(-n3cc([C@H]4CCCN4)nn3)c2F)C12CCC2. The van der Waals surface area contributed by atoms with Crippen molar-refractivity contribution in [1.29, 1.82) is 0 Å². The summed E-state index contributed by atoms with van der Waals surface area (Å²) < 4.78 is 16.9. The van der Waals surface area contributed by atoms with Crippen molar-refractivity contribution < 1.29 is 4.39 Å². The van der Waals surface area contributed by atoms with Crippen LogP contribution < -0.4 is 10.6 Å². The minimum atomic E-state index is -0.395. The molecule has 2 aromatic rings. The van der Waals surface area contributed by atoms with Crippen LogP contribution in [-0.4, -0.2) is 34.4 Å². The number of hydrogen-bond acceptors (Lipinski definition) is 4. The second-order valence-electron chi connectivity index (χ2n) is 7.31. The zero-order chi connectivity index (χ0) is 17.9. The number of hydrogen-bond donors (Lipinski definition) is 2. The van der Waals surface area contributed by atoms with Gasteiger partial charge < -0.3 is 10.6 Å². The van der Waals surface area contributed by atoms with E-state index >= 15 is 4.39 Å². The van der Waals surface area contributed by atoms with Gasteiger partial charge in [0.15, 0.2) is 5.82 Å². The van der Waals surface area contributed by atoms with Crippen LogP contribution in [0.2, 0.25) is 5.02 Å². The standard InChI is InChI=1S/C18H20ClFN6/c1-21-17-18(5-3-6-18)10-8-11(19)16(14(20)15(10)23-17)26-9-13(24-25-26)12-4-2-7-22-12/h8-9,12,22H,2-7H2,1H3,(H,21,23)/t12-/m1/s1. The van der Waals surface area contributed by atoms with Gasteiger partial charge in [-0.2, -0.15) is 0 Å². The van der Waals surface area contributed by atoms with Gasteiger partial charge in [-0.1, -0.05) is 23.2 Å². The summed E-state index contributed by atoms with van der Waals surface area (Å²) in [5.74, 6) is 0.438. The van der Waals surface area contributed by atoms with E-state index in [0.717, 1.165) is 55.7 Å². The minimum Gasteiger partial charge on any atom is -0.341 e. The molecule has 0 amide bonds. The van der Waals surface area contributed by atoms with E-state index in [0.29, 0.717) is 10.7 Å². The van der Waals surface area contributed by atoms with Crippen molar-refractivity contribution in [1.82, 2.24) is 20.3 Å². The Labute approximate surface area is 155 Å². The molecule has 1 aliphatic carbocycles. The van der Waals surface area contributed by atoms with Crippen LogP contribution in [0, 0.1) is 5.82 Å². The molecule has 2 aliphatic heterocycles. The minimum absolute atomic E-state index is 0.176. The van der Waals surface area contributed by atoms with Crippen LogP contribution >= 0.6 is 11.6 Å². The van der Waals surface area contributed by atoms with Crippen LogP contribution in [0.1, 0.15) is 49.4 Å². The molecule has 136 valence electrons.